The number of Topliss-reactive ketones (excluding diaryl/α,β-unsaturated/α-hetero) is 1. The summed E-state index contributed by atoms with van der Waals surface area (Å²) in [7, 11) is 0. The van der Waals surface area contributed by atoms with E-state index in [0.29, 0.717) is 16.3 Å². The normalized spacial score (nSPS) is 11.4. The van der Waals surface area contributed by atoms with Crippen molar-refractivity contribution < 1.29 is 14.3 Å². The monoisotopic (exact) mass is 420 g/mol. The van der Waals surface area contributed by atoms with Crippen LogP contribution in [0, 0.1) is 11.3 Å². The van der Waals surface area contributed by atoms with E-state index in [-0.39, 0.29) is 16.8 Å². The fourth-order valence-electron chi connectivity index (χ4n) is 2.71. The Hall–Kier alpha value is -3.89. The van der Waals surface area contributed by atoms with Gasteiger partial charge < -0.3 is 10.5 Å². The zero-order valence-electron chi connectivity index (χ0n) is 16.0. The number of benzene rings is 2. The number of hydrogen-bond donors (Lipinski definition) is 1. The number of nitriles is 1. The topological polar surface area (TPSA) is 111 Å². The van der Waals surface area contributed by atoms with Gasteiger partial charge in [-0.1, -0.05) is 41.9 Å². The van der Waals surface area contributed by atoms with Gasteiger partial charge in [0.15, 0.2) is 6.61 Å². The van der Waals surface area contributed by atoms with E-state index in [1.807, 2.05) is 30.3 Å². The number of ether oxygens (including phenoxy) is 1. The number of ketones is 1. The zero-order valence-corrected chi connectivity index (χ0v) is 16.8. The molecule has 8 heteroatoms. The minimum atomic E-state index is -0.748. The lowest BCUT2D eigenvalue weighted by atomic mass is 10.1. The fraction of sp³-hybridized carbons (Fsp3) is 0.0909. The lowest BCUT2D eigenvalue weighted by Crippen LogP contribution is -2.17. The summed E-state index contributed by atoms with van der Waals surface area (Å²) in [5, 5.41) is 14.1. The molecular formula is C22H17ClN4O3. The molecule has 0 fully saturated rings. The number of nitrogens with zero attached hydrogens (tertiary/aromatic N) is 3. The van der Waals surface area contributed by atoms with Crippen molar-refractivity contribution >= 4 is 23.4 Å². The molecule has 0 saturated heterocycles. The molecule has 0 bridgehead atoms. The van der Waals surface area contributed by atoms with Gasteiger partial charge in [0.1, 0.15) is 22.9 Å². The standard InChI is InChI=1S/C22H17ClN4O3/c1-14(25)18(11-24)20(28)13-30-22(29)19-12-27(17-5-3-2-4-6-17)26-21(19)15-7-9-16(23)10-8-15/h2-10,12H,13,25H2,1H3/b18-14+. The number of para-hydroxylation sites is 1. The third kappa shape index (κ3) is 4.57. The molecule has 2 aromatic carbocycles. The van der Waals surface area contributed by atoms with Gasteiger partial charge in [0, 0.05) is 22.5 Å². The summed E-state index contributed by atoms with van der Waals surface area (Å²) >= 11 is 5.96. The Morgan fingerprint density at radius 3 is 2.43 bits per heavy atom. The Bertz CT molecular complexity index is 1160. The second-order valence-electron chi connectivity index (χ2n) is 6.35. The number of allylic oxidation sites excluding steroid dienone is 1. The molecule has 0 saturated carbocycles. The molecule has 0 radical (unpaired) electrons. The van der Waals surface area contributed by atoms with E-state index < -0.39 is 18.4 Å². The highest BCUT2D eigenvalue weighted by atomic mass is 35.5. The first-order chi connectivity index (χ1) is 14.4. The fourth-order valence-corrected chi connectivity index (χ4v) is 2.83. The number of carbonyl (C=O) groups excluding carboxylic acids is 2. The molecule has 1 heterocycles. The molecule has 0 aliphatic carbocycles. The first kappa shape index (κ1) is 20.8. The average Bonchev–Trinajstić information content (AvgIpc) is 3.19. The Labute approximate surface area is 177 Å². The molecule has 2 N–H and O–H groups in total. The van der Waals surface area contributed by atoms with Gasteiger partial charge in [-0.25, -0.2) is 9.48 Å². The van der Waals surface area contributed by atoms with E-state index in [1.54, 1.807) is 35.0 Å². The van der Waals surface area contributed by atoms with Crippen LogP contribution in [0.3, 0.4) is 0 Å². The van der Waals surface area contributed by atoms with Gasteiger partial charge in [0.2, 0.25) is 5.78 Å². The zero-order chi connectivity index (χ0) is 21.7. The highest BCUT2D eigenvalue weighted by molar-refractivity contribution is 6.30. The minimum absolute atomic E-state index is 0.0669. The summed E-state index contributed by atoms with van der Waals surface area (Å²) < 4.78 is 6.70. The van der Waals surface area contributed by atoms with Gasteiger partial charge in [-0.15, -0.1) is 0 Å². The molecule has 0 aliphatic rings. The highest BCUT2D eigenvalue weighted by Gasteiger charge is 2.22. The lowest BCUT2D eigenvalue weighted by molar-refractivity contribution is -0.118. The van der Waals surface area contributed by atoms with Crippen LogP contribution in [0.15, 0.2) is 72.1 Å². The van der Waals surface area contributed by atoms with Crippen molar-refractivity contribution in [1.82, 2.24) is 9.78 Å². The van der Waals surface area contributed by atoms with Crippen molar-refractivity contribution in [2.45, 2.75) is 6.92 Å². The predicted molar refractivity (Wildman–Crippen MR) is 112 cm³/mol. The first-order valence-electron chi connectivity index (χ1n) is 8.88. The molecule has 150 valence electrons. The molecule has 1 aromatic heterocycles. The van der Waals surface area contributed by atoms with Crippen LogP contribution in [0.4, 0.5) is 0 Å². The van der Waals surface area contributed by atoms with E-state index >= 15 is 0 Å². The number of carbonyl (C=O) groups is 2. The summed E-state index contributed by atoms with van der Waals surface area (Å²) in [6.07, 6.45) is 1.53. The number of halogens is 1. The summed E-state index contributed by atoms with van der Waals surface area (Å²) in [6, 6.07) is 17.8. The van der Waals surface area contributed by atoms with Gasteiger partial charge in [0.25, 0.3) is 0 Å². The molecule has 30 heavy (non-hydrogen) atoms. The van der Waals surface area contributed by atoms with Crippen LogP contribution < -0.4 is 5.73 Å². The Morgan fingerprint density at radius 2 is 1.83 bits per heavy atom. The molecule has 0 amide bonds. The average molecular weight is 421 g/mol. The smallest absolute Gasteiger partial charge is 0.342 e. The summed E-state index contributed by atoms with van der Waals surface area (Å²) in [4.78, 5) is 24.8. The van der Waals surface area contributed by atoms with Crippen molar-refractivity contribution in [3.63, 3.8) is 0 Å². The van der Waals surface area contributed by atoms with Crippen LogP contribution in [-0.2, 0) is 9.53 Å². The minimum Gasteiger partial charge on any atom is -0.454 e. The van der Waals surface area contributed by atoms with E-state index in [9.17, 15) is 9.59 Å². The number of nitrogens with two attached hydrogens (primary N) is 1. The van der Waals surface area contributed by atoms with E-state index in [0.717, 1.165) is 5.69 Å². The molecule has 3 rings (SSSR count). The van der Waals surface area contributed by atoms with Crippen molar-refractivity contribution in [2.75, 3.05) is 6.61 Å². The molecule has 0 atom stereocenters. The van der Waals surface area contributed by atoms with Gasteiger partial charge in [0.05, 0.1) is 5.69 Å². The lowest BCUT2D eigenvalue weighted by Gasteiger charge is -2.05. The Kier molecular flexibility index (Phi) is 6.30. The van der Waals surface area contributed by atoms with Crippen LogP contribution in [0.25, 0.3) is 16.9 Å². The van der Waals surface area contributed by atoms with Crippen LogP contribution in [0.1, 0.15) is 17.3 Å². The van der Waals surface area contributed by atoms with Gasteiger partial charge >= 0.3 is 5.97 Å². The van der Waals surface area contributed by atoms with Gasteiger partial charge in [-0.05, 0) is 31.2 Å². The quantitative estimate of drug-likeness (QED) is 0.370. The van der Waals surface area contributed by atoms with E-state index in [2.05, 4.69) is 5.10 Å². The number of esters is 1. The maximum atomic E-state index is 12.8. The molecule has 0 aliphatic heterocycles. The molecule has 0 unspecified atom stereocenters. The highest BCUT2D eigenvalue weighted by Crippen LogP contribution is 2.26. The second-order valence-corrected chi connectivity index (χ2v) is 6.78. The molecular weight excluding hydrogens is 404 g/mol. The predicted octanol–water partition coefficient (Wildman–Crippen LogP) is 3.67. The number of hydrogen-bond acceptors (Lipinski definition) is 6. The van der Waals surface area contributed by atoms with Gasteiger partial charge in [-0.2, -0.15) is 10.4 Å². The molecule has 3 aromatic rings. The van der Waals surface area contributed by atoms with E-state index in [4.69, 9.17) is 27.3 Å². The number of aromatic nitrogens is 2. The summed E-state index contributed by atoms with van der Waals surface area (Å²) in [5.41, 5.74) is 7.29. The van der Waals surface area contributed by atoms with Crippen LogP contribution in [-0.4, -0.2) is 28.1 Å². The Balaban J connectivity index is 1.94. The van der Waals surface area contributed by atoms with Crippen molar-refractivity contribution in [3.8, 4) is 23.0 Å². The van der Waals surface area contributed by atoms with Crippen molar-refractivity contribution in [1.29, 1.82) is 5.26 Å². The third-order valence-corrected chi connectivity index (χ3v) is 4.44. The molecule has 7 nitrogen and oxygen atoms in total. The maximum absolute atomic E-state index is 12.8. The van der Waals surface area contributed by atoms with Crippen LogP contribution in [0.2, 0.25) is 5.02 Å². The van der Waals surface area contributed by atoms with E-state index in [1.165, 1.54) is 13.1 Å². The third-order valence-electron chi connectivity index (χ3n) is 4.19. The maximum Gasteiger partial charge on any atom is 0.342 e. The second kappa shape index (κ2) is 9.07. The van der Waals surface area contributed by atoms with Crippen LogP contribution >= 0.6 is 11.6 Å². The summed E-state index contributed by atoms with van der Waals surface area (Å²) in [5.74, 6) is -1.42. The SMILES string of the molecule is C/C(N)=C(/C#N)C(=O)COC(=O)c1cn(-c2ccccc2)nc1-c1ccc(Cl)cc1. The summed E-state index contributed by atoms with van der Waals surface area (Å²) in [6.45, 7) is 0.827. The number of rotatable bonds is 6. The Morgan fingerprint density at radius 1 is 1.17 bits per heavy atom. The van der Waals surface area contributed by atoms with Crippen molar-refractivity contribution in [2.24, 2.45) is 5.73 Å². The first-order valence-corrected chi connectivity index (χ1v) is 9.26. The van der Waals surface area contributed by atoms with Crippen LogP contribution in [0.5, 0.6) is 0 Å². The largest absolute Gasteiger partial charge is 0.454 e. The molecule has 0 spiro atoms. The van der Waals surface area contributed by atoms with Gasteiger partial charge in [-0.3, -0.25) is 4.79 Å². The van der Waals surface area contributed by atoms with Crippen molar-refractivity contribution in [3.05, 3.63) is 82.7 Å².